The lowest BCUT2D eigenvalue weighted by Gasteiger charge is -2.26. The second-order valence-corrected chi connectivity index (χ2v) is 6.08. The van der Waals surface area contributed by atoms with Crippen molar-refractivity contribution in [3.8, 4) is 5.75 Å². The molecule has 1 fully saturated rings. The molecule has 108 valence electrons. The van der Waals surface area contributed by atoms with Gasteiger partial charge in [0, 0.05) is 10.6 Å². The van der Waals surface area contributed by atoms with Crippen LogP contribution in [0.3, 0.4) is 0 Å². The molecule has 20 heavy (non-hydrogen) atoms. The summed E-state index contributed by atoms with van der Waals surface area (Å²) in [4.78, 5) is 14.9. The van der Waals surface area contributed by atoms with Crippen LogP contribution in [0, 0.1) is 0 Å². The van der Waals surface area contributed by atoms with Crippen molar-refractivity contribution < 1.29 is 9.53 Å². The van der Waals surface area contributed by atoms with Gasteiger partial charge >= 0.3 is 0 Å². The van der Waals surface area contributed by atoms with E-state index in [4.69, 9.17) is 16.3 Å². The van der Waals surface area contributed by atoms with Gasteiger partial charge in [-0.1, -0.05) is 38.3 Å². The molecule has 0 N–H and O–H groups in total. The van der Waals surface area contributed by atoms with Crippen molar-refractivity contribution in [2.75, 3.05) is 7.11 Å². The van der Waals surface area contributed by atoms with Crippen LogP contribution in [0.25, 0.3) is 0 Å². The summed E-state index contributed by atoms with van der Waals surface area (Å²) >= 11 is 6.40. The summed E-state index contributed by atoms with van der Waals surface area (Å²) in [5, 5.41) is 0.711. The molecule has 2 rings (SSSR count). The zero-order valence-electron chi connectivity index (χ0n) is 12.2. The highest BCUT2D eigenvalue weighted by Crippen LogP contribution is 2.47. The largest absolute Gasteiger partial charge is 0.496 e. The van der Waals surface area contributed by atoms with Crippen LogP contribution in [0.5, 0.6) is 5.75 Å². The molecule has 0 spiro atoms. The Bertz CT molecular complexity index is 542. The van der Waals surface area contributed by atoms with Crippen LogP contribution >= 0.6 is 11.6 Å². The van der Waals surface area contributed by atoms with E-state index in [1.807, 2.05) is 12.1 Å². The van der Waals surface area contributed by atoms with E-state index in [0.717, 1.165) is 42.6 Å². The average Bonchev–Trinajstić information content (AvgIpc) is 2.88. The molecule has 0 aromatic heterocycles. The maximum atomic E-state index is 10.8. The van der Waals surface area contributed by atoms with Crippen molar-refractivity contribution in [3.05, 3.63) is 28.3 Å². The molecule has 0 radical (unpaired) electrons. The third kappa shape index (κ3) is 2.61. The average molecular weight is 294 g/mol. The summed E-state index contributed by atoms with van der Waals surface area (Å²) in [6.07, 6.45) is 5.53. The van der Waals surface area contributed by atoms with E-state index < -0.39 is 5.54 Å². The van der Waals surface area contributed by atoms with Gasteiger partial charge in [0.05, 0.1) is 7.11 Å². The number of hydrogen-bond donors (Lipinski definition) is 0. The Morgan fingerprint density at radius 3 is 2.50 bits per heavy atom. The van der Waals surface area contributed by atoms with E-state index in [0.29, 0.717) is 10.9 Å². The van der Waals surface area contributed by atoms with Gasteiger partial charge in [0.2, 0.25) is 6.08 Å². The summed E-state index contributed by atoms with van der Waals surface area (Å²) in [6.45, 7) is 4.18. The van der Waals surface area contributed by atoms with Crippen LogP contribution in [0.2, 0.25) is 5.02 Å². The van der Waals surface area contributed by atoms with Gasteiger partial charge in [-0.15, -0.1) is 0 Å². The number of benzene rings is 1. The predicted molar refractivity (Wildman–Crippen MR) is 80.4 cm³/mol. The van der Waals surface area contributed by atoms with Crippen LogP contribution < -0.4 is 4.74 Å². The first-order chi connectivity index (χ1) is 9.54. The molecule has 1 aromatic carbocycles. The summed E-state index contributed by atoms with van der Waals surface area (Å²) in [6, 6.07) is 3.89. The highest BCUT2D eigenvalue weighted by Gasteiger charge is 2.38. The van der Waals surface area contributed by atoms with Gasteiger partial charge in [-0.25, -0.2) is 4.79 Å². The Balaban J connectivity index is 2.60. The highest BCUT2D eigenvalue weighted by molar-refractivity contribution is 6.31. The third-order valence-corrected chi connectivity index (χ3v) is 4.46. The van der Waals surface area contributed by atoms with Gasteiger partial charge in [-0.2, -0.15) is 4.99 Å². The molecule has 0 amide bonds. The molecule has 1 saturated carbocycles. The molecule has 0 heterocycles. The number of ether oxygens (including phenoxy) is 1. The number of methoxy groups -OCH3 is 1. The molecule has 0 atom stereocenters. The van der Waals surface area contributed by atoms with E-state index in [9.17, 15) is 4.79 Å². The molecule has 0 saturated heterocycles. The maximum absolute atomic E-state index is 10.8. The summed E-state index contributed by atoms with van der Waals surface area (Å²) in [7, 11) is 1.64. The fourth-order valence-corrected chi connectivity index (χ4v) is 3.41. The zero-order chi connectivity index (χ0) is 14.8. The molecular formula is C16H20ClNO2. The first-order valence-corrected chi connectivity index (χ1v) is 7.39. The van der Waals surface area contributed by atoms with E-state index >= 15 is 0 Å². The standard InChI is InChI=1S/C16H20ClNO2/c1-11(2)12-8-15(20-3)13(9-14(12)17)16(18-10-19)6-4-5-7-16/h8-9,11H,4-7H2,1-3H3. The SMILES string of the molecule is COc1cc(C(C)C)c(Cl)cc1C1(N=C=O)CCCC1. The number of aliphatic imine (C=N–C) groups is 1. The smallest absolute Gasteiger partial charge is 0.235 e. The van der Waals surface area contributed by atoms with Crippen LogP contribution in [0.15, 0.2) is 17.1 Å². The lowest BCUT2D eigenvalue weighted by atomic mass is 9.86. The summed E-state index contributed by atoms with van der Waals surface area (Å²) < 4.78 is 5.53. The first-order valence-electron chi connectivity index (χ1n) is 7.01. The number of halogens is 1. The van der Waals surface area contributed by atoms with Gasteiger partial charge < -0.3 is 4.74 Å². The Kier molecular flexibility index (Phi) is 4.52. The van der Waals surface area contributed by atoms with Crippen molar-refractivity contribution in [2.45, 2.75) is 51.0 Å². The second kappa shape index (κ2) is 5.99. The van der Waals surface area contributed by atoms with E-state index in [1.165, 1.54) is 0 Å². The fraction of sp³-hybridized carbons (Fsp3) is 0.562. The van der Waals surface area contributed by atoms with E-state index in [1.54, 1.807) is 13.2 Å². The lowest BCUT2D eigenvalue weighted by molar-refractivity contribution is 0.378. The van der Waals surface area contributed by atoms with Gasteiger partial charge in [0.25, 0.3) is 0 Å². The predicted octanol–water partition coefficient (Wildman–Crippen LogP) is 4.58. The van der Waals surface area contributed by atoms with Crippen LogP contribution in [0.4, 0.5) is 0 Å². The molecule has 1 aromatic rings. The minimum atomic E-state index is -0.508. The summed E-state index contributed by atoms with van der Waals surface area (Å²) in [5.41, 5.74) is 1.46. The van der Waals surface area contributed by atoms with Crippen molar-refractivity contribution in [1.29, 1.82) is 0 Å². The summed E-state index contributed by atoms with van der Waals surface area (Å²) in [5.74, 6) is 1.08. The Hall–Kier alpha value is -1.31. The van der Waals surface area contributed by atoms with Crippen LogP contribution in [0.1, 0.15) is 56.6 Å². The van der Waals surface area contributed by atoms with Crippen molar-refractivity contribution in [1.82, 2.24) is 0 Å². The molecule has 1 aliphatic carbocycles. The number of nitrogens with zero attached hydrogens (tertiary/aromatic N) is 1. The number of isocyanates is 1. The first kappa shape index (κ1) is 15.1. The normalized spacial score (nSPS) is 17.1. The minimum absolute atomic E-state index is 0.319. The molecule has 0 unspecified atom stereocenters. The molecule has 3 nitrogen and oxygen atoms in total. The Morgan fingerprint density at radius 2 is 2.00 bits per heavy atom. The Morgan fingerprint density at radius 1 is 1.35 bits per heavy atom. The van der Waals surface area contributed by atoms with Crippen molar-refractivity contribution in [2.24, 2.45) is 4.99 Å². The minimum Gasteiger partial charge on any atom is -0.496 e. The molecule has 0 bridgehead atoms. The number of carbonyl (C=O) groups excluding carboxylic acids is 1. The molecule has 0 aliphatic heterocycles. The zero-order valence-corrected chi connectivity index (χ0v) is 13.0. The van der Waals surface area contributed by atoms with Gasteiger partial charge in [-0.05, 0) is 36.5 Å². The lowest BCUT2D eigenvalue weighted by Crippen LogP contribution is -2.20. The maximum Gasteiger partial charge on any atom is 0.235 e. The molecule has 1 aliphatic rings. The highest BCUT2D eigenvalue weighted by atomic mass is 35.5. The number of hydrogen-bond acceptors (Lipinski definition) is 3. The fourth-order valence-electron chi connectivity index (χ4n) is 3.03. The molecule has 4 heteroatoms. The van der Waals surface area contributed by atoms with Gasteiger partial charge in [-0.3, -0.25) is 0 Å². The second-order valence-electron chi connectivity index (χ2n) is 5.67. The van der Waals surface area contributed by atoms with Crippen molar-refractivity contribution >= 4 is 17.7 Å². The van der Waals surface area contributed by atoms with E-state index in [2.05, 4.69) is 18.8 Å². The van der Waals surface area contributed by atoms with Crippen LogP contribution in [-0.2, 0) is 10.3 Å². The van der Waals surface area contributed by atoms with E-state index in [-0.39, 0.29) is 0 Å². The Labute approximate surface area is 125 Å². The van der Waals surface area contributed by atoms with Gasteiger partial charge in [0.1, 0.15) is 11.3 Å². The van der Waals surface area contributed by atoms with Crippen molar-refractivity contribution in [3.63, 3.8) is 0 Å². The van der Waals surface area contributed by atoms with Gasteiger partial charge in [0.15, 0.2) is 0 Å². The number of rotatable bonds is 4. The molecular weight excluding hydrogens is 274 g/mol. The van der Waals surface area contributed by atoms with Crippen LogP contribution in [-0.4, -0.2) is 13.2 Å². The third-order valence-electron chi connectivity index (χ3n) is 4.13. The topological polar surface area (TPSA) is 38.7 Å². The quantitative estimate of drug-likeness (QED) is 0.602. The monoisotopic (exact) mass is 293 g/mol.